The highest BCUT2D eigenvalue weighted by Gasteiger charge is 2.13. The van der Waals surface area contributed by atoms with E-state index in [1.807, 2.05) is 19.9 Å². The first kappa shape index (κ1) is 11.2. The third kappa shape index (κ3) is 2.13. The Morgan fingerprint density at radius 1 is 1.21 bits per heavy atom. The van der Waals surface area contributed by atoms with E-state index in [0.717, 1.165) is 11.1 Å². The predicted molar refractivity (Wildman–Crippen MR) is 56.9 cm³/mol. The van der Waals surface area contributed by atoms with Gasteiger partial charge in [0.15, 0.2) is 9.84 Å². The summed E-state index contributed by atoms with van der Waals surface area (Å²) in [5, 5.41) is 0. The van der Waals surface area contributed by atoms with E-state index in [9.17, 15) is 8.42 Å². The lowest BCUT2D eigenvalue weighted by atomic mass is 10.1. The molecule has 1 rings (SSSR count). The fourth-order valence-electron chi connectivity index (χ4n) is 1.35. The fourth-order valence-corrected chi connectivity index (χ4v) is 2.36. The summed E-state index contributed by atoms with van der Waals surface area (Å²) in [6.45, 7) is 4.09. The minimum atomic E-state index is -3.16. The van der Waals surface area contributed by atoms with Crippen molar-refractivity contribution in [3.63, 3.8) is 0 Å². The number of rotatable bonds is 2. The van der Waals surface area contributed by atoms with Crippen LogP contribution in [0, 0.1) is 13.8 Å². The molecule has 0 amide bonds. The van der Waals surface area contributed by atoms with Gasteiger partial charge < -0.3 is 5.73 Å². The normalized spacial score (nSPS) is 11.7. The first-order valence-electron chi connectivity index (χ1n) is 4.36. The third-order valence-corrected chi connectivity index (χ3v) is 3.48. The molecule has 0 heterocycles. The molecule has 0 unspecified atom stereocenters. The van der Waals surface area contributed by atoms with Crippen molar-refractivity contribution in [2.75, 3.05) is 6.26 Å². The Balaban J connectivity index is 3.51. The van der Waals surface area contributed by atoms with E-state index in [1.54, 1.807) is 6.07 Å². The largest absolute Gasteiger partial charge is 0.326 e. The Morgan fingerprint density at radius 3 is 2.14 bits per heavy atom. The summed E-state index contributed by atoms with van der Waals surface area (Å²) >= 11 is 0. The number of hydrogen-bond donors (Lipinski definition) is 1. The van der Waals surface area contributed by atoms with Crippen molar-refractivity contribution in [1.82, 2.24) is 0 Å². The van der Waals surface area contributed by atoms with Gasteiger partial charge in [0.2, 0.25) is 0 Å². The SMILES string of the molecule is Cc1cc(CN)c(S(C)(=O)=O)cc1C. The van der Waals surface area contributed by atoms with Gasteiger partial charge >= 0.3 is 0 Å². The van der Waals surface area contributed by atoms with Crippen LogP contribution in [0.5, 0.6) is 0 Å². The number of nitrogens with two attached hydrogens (primary N) is 1. The highest BCUT2D eigenvalue weighted by atomic mass is 32.2. The van der Waals surface area contributed by atoms with Crippen molar-refractivity contribution in [2.45, 2.75) is 25.3 Å². The lowest BCUT2D eigenvalue weighted by Gasteiger charge is -2.09. The molecule has 0 fully saturated rings. The molecule has 0 saturated carbocycles. The zero-order chi connectivity index (χ0) is 10.9. The maximum atomic E-state index is 11.4. The Morgan fingerprint density at radius 2 is 1.71 bits per heavy atom. The maximum absolute atomic E-state index is 11.4. The van der Waals surface area contributed by atoms with Gasteiger partial charge in [-0.1, -0.05) is 6.07 Å². The predicted octanol–water partition coefficient (Wildman–Crippen LogP) is 1.17. The quantitative estimate of drug-likeness (QED) is 0.802. The minimum Gasteiger partial charge on any atom is -0.326 e. The first-order valence-corrected chi connectivity index (χ1v) is 6.25. The summed E-state index contributed by atoms with van der Waals surface area (Å²) in [5.74, 6) is 0. The van der Waals surface area contributed by atoms with Gasteiger partial charge in [0.1, 0.15) is 0 Å². The fraction of sp³-hybridized carbons (Fsp3) is 0.400. The molecule has 0 radical (unpaired) electrons. The highest BCUT2D eigenvalue weighted by Crippen LogP contribution is 2.20. The molecule has 0 atom stereocenters. The number of aryl methyl sites for hydroxylation is 2. The number of benzene rings is 1. The smallest absolute Gasteiger partial charge is 0.175 e. The molecule has 0 aliphatic heterocycles. The third-order valence-electron chi connectivity index (χ3n) is 2.30. The second-order valence-electron chi connectivity index (χ2n) is 3.52. The molecule has 0 spiro atoms. The lowest BCUT2D eigenvalue weighted by Crippen LogP contribution is -2.07. The molecule has 0 saturated heterocycles. The van der Waals surface area contributed by atoms with Crippen LogP contribution in [0.15, 0.2) is 17.0 Å². The zero-order valence-electron chi connectivity index (χ0n) is 8.66. The van der Waals surface area contributed by atoms with Gasteiger partial charge in [0, 0.05) is 12.8 Å². The molecular formula is C10H15NO2S. The van der Waals surface area contributed by atoms with Gasteiger partial charge in [-0.3, -0.25) is 0 Å². The minimum absolute atomic E-state index is 0.253. The van der Waals surface area contributed by atoms with Crippen molar-refractivity contribution in [1.29, 1.82) is 0 Å². The van der Waals surface area contributed by atoms with Crippen molar-refractivity contribution in [2.24, 2.45) is 5.73 Å². The monoisotopic (exact) mass is 213 g/mol. The molecule has 2 N–H and O–H groups in total. The van der Waals surface area contributed by atoms with Gasteiger partial charge in [0.25, 0.3) is 0 Å². The van der Waals surface area contributed by atoms with Crippen LogP contribution < -0.4 is 5.73 Å². The zero-order valence-corrected chi connectivity index (χ0v) is 9.48. The van der Waals surface area contributed by atoms with Crippen LogP contribution >= 0.6 is 0 Å². The summed E-state index contributed by atoms with van der Waals surface area (Å²) in [6, 6.07) is 3.53. The average Bonchev–Trinajstić information content (AvgIpc) is 2.07. The van der Waals surface area contributed by atoms with E-state index in [4.69, 9.17) is 5.73 Å². The summed E-state index contributed by atoms with van der Waals surface area (Å²) in [5.41, 5.74) is 8.23. The van der Waals surface area contributed by atoms with Gasteiger partial charge in [-0.15, -0.1) is 0 Å². The average molecular weight is 213 g/mol. The van der Waals surface area contributed by atoms with Gasteiger partial charge in [-0.2, -0.15) is 0 Å². The van der Waals surface area contributed by atoms with Gasteiger partial charge in [0.05, 0.1) is 4.90 Å². The molecule has 3 nitrogen and oxygen atoms in total. The van der Waals surface area contributed by atoms with Crippen LogP contribution in [-0.4, -0.2) is 14.7 Å². The van der Waals surface area contributed by atoms with Gasteiger partial charge in [-0.25, -0.2) is 8.42 Å². The first-order chi connectivity index (χ1) is 6.36. The number of hydrogen-bond acceptors (Lipinski definition) is 3. The Hall–Kier alpha value is -0.870. The molecule has 4 heteroatoms. The maximum Gasteiger partial charge on any atom is 0.175 e. The Labute approximate surface area is 84.9 Å². The van der Waals surface area contributed by atoms with Crippen molar-refractivity contribution in [3.8, 4) is 0 Å². The van der Waals surface area contributed by atoms with E-state index < -0.39 is 9.84 Å². The van der Waals surface area contributed by atoms with E-state index in [1.165, 1.54) is 6.26 Å². The molecule has 14 heavy (non-hydrogen) atoms. The van der Waals surface area contributed by atoms with E-state index in [0.29, 0.717) is 10.5 Å². The molecule has 1 aromatic carbocycles. The lowest BCUT2D eigenvalue weighted by molar-refractivity contribution is 0.600. The molecule has 0 aliphatic carbocycles. The highest BCUT2D eigenvalue weighted by molar-refractivity contribution is 7.90. The van der Waals surface area contributed by atoms with Crippen LogP contribution in [0.2, 0.25) is 0 Å². The summed E-state index contributed by atoms with van der Waals surface area (Å²) in [4.78, 5) is 0.350. The number of sulfone groups is 1. The summed E-state index contributed by atoms with van der Waals surface area (Å²) < 4.78 is 22.8. The standard InChI is InChI=1S/C10H15NO2S/c1-7-4-9(6-11)10(5-8(7)2)14(3,12)13/h4-5H,6,11H2,1-3H3. The van der Waals surface area contributed by atoms with Crippen molar-refractivity contribution < 1.29 is 8.42 Å². The molecular weight excluding hydrogens is 198 g/mol. The van der Waals surface area contributed by atoms with Crippen LogP contribution in [0.25, 0.3) is 0 Å². The van der Waals surface area contributed by atoms with E-state index >= 15 is 0 Å². The summed E-state index contributed by atoms with van der Waals surface area (Å²) in [7, 11) is -3.16. The van der Waals surface area contributed by atoms with Crippen LogP contribution in [0.1, 0.15) is 16.7 Å². The second kappa shape index (κ2) is 3.71. The molecule has 1 aromatic rings. The second-order valence-corrected chi connectivity index (χ2v) is 5.50. The Bertz CT molecular complexity index is 449. The topological polar surface area (TPSA) is 60.2 Å². The van der Waals surface area contributed by atoms with Crippen molar-refractivity contribution in [3.05, 3.63) is 28.8 Å². The van der Waals surface area contributed by atoms with Crippen LogP contribution in [0.4, 0.5) is 0 Å². The van der Waals surface area contributed by atoms with E-state index in [-0.39, 0.29) is 6.54 Å². The molecule has 0 aliphatic rings. The van der Waals surface area contributed by atoms with Crippen LogP contribution in [-0.2, 0) is 16.4 Å². The summed E-state index contributed by atoms with van der Waals surface area (Å²) in [6.07, 6.45) is 1.20. The van der Waals surface area contributed by atoms with Crippen LogP contribution in [0.3, 0.4) is 0 Å². The molecule has 0 bridgehead atoms. The Kier molecular flexibility index (Phi) is 2.97. The molecule has 0 aromatic heterocycles. The van der Waals surface area contributed by atoms with Gasteiger partial charge in [-0.05, 0) is 36.6 Å². The molecule has 78 valence electrons. The van der Waals surface area contributed by atoms with E-state index in [2.05, 4.69) is 0 Å². The van der Waals surface area contributed by atoms with Crippen molar-refractivity contribution >= 4 is 9.84 Å².